The molecular weight excluding hydrogens is 266 g/mol. The van der Waals surface area contributed by atoms with E-state index in [1.807, 2.05) is 0 Å². The lowest BCUT2D eigenvalue weighted by Crippen LogP contribution is -2.49. The van der Waals surface area contributed by atoms with Crippen LogP contribution in [0.4, 0.5) is 23.2 Å². The molecule has 0 aromatic heterocycles. The molecule has 1 aliphatic rings. The van der Waals surface area contributed by atoms with Crippen molar-refractivity contribution in [2.45, 2.75) is 12.3 Å². The van der Waals surface area contributed by atoms with Gasteiger partial charge in [0.2, 0.25) is 0 Å². The second-order valence-electron chi connectivity index (χ2n) is 4.21. The number of rotatable bonds is 2. The molecule has 1 heterocycles. The molecular formula is C11H11F4N3O. The third kappa shape index (κ3) is 2.62. The van der Waals surface area contributed by atoms with Gasteiger partial charge in [0.15, 0.2) is 0 Å². The van der Waals surface area contributed by atoms with Crippen LogP contribution >= 0.6 is 0 Å². The quantitative estimate of drug-likeness (QED) is 0.372. The maximum atomic E-state index is 12.9. The van der Waals surface area contributed by atoms with E-state index in [4.69, 9.17) is 5.84 Å². The summed E-state index contributed by atoms with van der Waals surface area (Å²) in [4.78, 5) is 12.5. The maximum absolute atomic E-state index is 12.9. The zero-order valence-corrected chi connectivity index (χ0v) is 9.67. The van der Waals surface area contributed by atoms with Crippen molar-refractivity contribution < 1.29 is 22.4 Å². The van der Waals surface area contributed by atoms with Crippen LogP contribution in [0.5, 0.6) is 0 Å². The summed E-state index contributed by atoms with van der Waals surface area (Å²) in [5, 5.41) is 0. The Labute approximate surface area is 106 Å². The van der Waals surface area contributed by atoms with Gasteiger partial charge in [-0.2, -0.15) is 13.2 Å². The Balaban J connectivity index is 2.41. The number of amides is 1. The van der Waals surface area contributed by atoms with E-state index in [0.29, 0.717) is 6.07 Å². The van der Waals surface area contributed by atoms with Crippen molar-refractivity contribution in [2.75, 3.05) is 18.0 Å². The summed E-state index contributed by atoms with van der Waals surface area (Å²) in [5.74, 6) is 4.06. The molecule has 1 aromatic carbocycles. The number of nitrogens with zero attached hydrogens (tertiary/aromatic N) is 1. The van der Waals surface area contributed by atoms with Crippen LogP contribution in [0, 0.1) is 0 Å². The maximum Gasteiger partial charge on any atom is 0.418 e. The van der Waals surface area contributed by atoms with Gasteiger partial charge in [-0.15, -0.1) is 0 Å². The van der Waals surface area contributed by atoms with Gasteiger partial charge in [0.05, 0.1) is 18.7 Å². The van der Waals surface area contributed by atoms with Crippen molar-refractivity contribution in [3.8, 4) is 0 Å². The molecule has 1 aromatic rings. The number of hydrogen-bond acceptors (Lipinski definition) is 3. The molecule has 1 saturated heterocycles. The monoisotopic (exact) mass is 277 g/mol. The predicted octanol–water partition coefficient (Wildman–Crippen LogP) is 1.47. The number of hydrogen-bond donors (Lipinski definition) is 2. The van der Waals surface area contributed by atoms with Crippen molar-refractivity contribution in [2.24, 2.45) is 5.84 Å². The number of carbonyl (C=O) groups is 1. The SMILES string of the molecule is NNC(=O)c1ccc(N2CC(F)C2)c(C(F)(F)F)c1. The summed E-state index contributed by atoms with van der Waals surface area (Å²) in [7, 11) is 0. The van der Waals surface area contributed by atoms with E-state index in [-0.39, 0.29) is 24.3 Å². The van der Waals surface area contributed by atoms with Crippen LogP contribution < -0.4 is 16.2 Å². The number of hydrazine groups is 1. The molecule has 0 saturated carbocycles. The Morgan fingerprint density at radius 2 is 2.00 bits per heavy atom. The van der Waals surface area contributed by atoms with Crippen molar-refractivity contribution >= 4 is 11.6 Å². The molecule has 1 amide bonds. The smallest absolute Gasteiger partial charge is 0.365 e. The van der Waals surface area contributed by atoms with Gasteiger partial charge in [-0.1, -0.05) is 0 Å². The molecule has 0 spiro atoms. The number of benzene rings is 1. The highest BCUT2D eigenvalue weighted by Gasteiger charge is 2.38. The van der Waals surface area contributed by atoms with Crippen LogP contribution in [-0.2, 0) is 6.18 Å². The fraction of sp³-hybridized carbons (Fsp3) is 0.364. The highest BCUT2D eigenvalue weighted by Crippen LogP contribution is 2.38. The first kappa shape index (κ1) is 13.6. The largest absolute Gasteiger partial charge is 0.418 e. The van der Waals surface area contributed by atoms with Gasteiger partial charge in [-0.3, -0.25) is 10.2 Å². The first-order valence-corrected chi connectivity index (χ1v) is 5.44. The van der Waals surface area contributed by atoms with Gasteiger partial charge >= 0.3 is 6.18 Å². The summed E-state index contributed by atoms with van der Waals surface area (Å²) < 4.78 is 51.5. The topological polar surface area (TPSA) is 58.4 Å². The number of alkyl halides is 4. The lowest BCUT2D eigenvalue weighted by Gasteiger charge is -2.37. The third-order valence-corrected chi connectivity index (χ3v) is 2.87. The highest BCUT2D eigenvalue weighted by molar-refractivity contribution is 5.94. The second-order valence-corrected chi connectivity index (χ2v) is 4.21. The summed E-state index contributed by atoms with van der Waals surface area (Å²) in [6.45, 7) is -0.156. The predicted molar refractivity (Wildman–Crippen MR) is 60.2 cm³/mol. The average Bonchev–Trinajstić information content (AvgIpc) is 2.32. The Morgan fingerprint density at radius 3 is 2.47 bits per heavy atom. The summed E-state index contributed by atoms with van der Waals surface area (Å²) in [6.07, 6.45) is -5.74. The number of nitrogens with two attached hydrogens (primary N) is 1. The summed E-state index contributed by atoms with van der Waals surface area (Å²) in [6, 6.07) is 3.08. The molecule has 0 radical (unpaired) electrons. The zero-order chi connectivity index (χ0) is 14.2. The number of nitrogen functional groups attached to an aromatic ring is 1. The van der Waals surface area contributed by atoms with Crippen LogP contribution in [0.2, 0.25) is 0 Å². The van der Waals surface area contributed by atoms with Crippen LogP contribution in [0.1, 0.15) is 15.9 Å². The van der Waals surface area contributed by atoms with E-state index in [1.54, 1.807) is 5.43 Å². The molecule has 0 atom stereocenters. The van der Waals surface area contributed by atoms with E-state index in [0.717, 1.165) is 6.07 Å². The Bertz CT molecular complexity index is 497. The van der Waals surface area contributed by atoms with E-state index < -0.39 is 23.8 Å². The van der Waals surface area contributed by atoms with Crippen molar-refractivity contribution in [3.05, 3.63) is 29.3 Å². The third-order valence-electron chi connectivity index (χ3n) is 2.87. The average molecular weight is 277 g/mol. The molecule has 8 heteroatoms. The molecule has 3 N–H and O–H groups in total. The fourth-order valence-corrected chi connectivity index (χ4v) is 1.88. The van der Waals surface area contributed by atoms with Crippen LogP contribution in [0.3, 0.4) is 0 Å². The number of nitrogens with one attached hydrogen (secondary N) is 1. The molecule has 0 unspecified atom stereocenters. The number of halogens is 4. The molecule has 1 fully saturated rings. The molecule has 0 bridgehead atoms. The standard InChI is InChI=1S/C11H11F4N3O/c12-7-4-18(5-7)9-2-1-6(10(19)17-16)3-8(9)11(13,14)15/h1-3,7H,4-5,16H2,(H,17,19). The Morgan fingerprint density at radius 1 is 1.37 bits per heavy atom. The minimum atomic E-state index is -4.62. The van der Waals surface area contributed by atoms with E-state index in [1.165, 1.54) is 11.0 Å². The molecule has 0 aliphatic carbocycles. The molecule has 2 rings (SSSR count). The van der Waals surface area contributed by atoms with Gasteiger partial charge in [-0.05, 0) is 18.2 Å². The summed E-state index contributed by atoms with van der Waals surface area (Å²) >= 11 is 0. The van der Waals surface area contributed by atoms with Crippen molar-refractivity contribution in [1.82, 2.24) is 5.43 Å². The lowest BCUT2D eigenvalue weighted by atomic mass is 10.0. The first-order chi connectivity index (χ1) is 8.82. The van der Waals surface area contributed by atoms with E-state index in [2.05, 4.69) is 0 Å². The molecule has 19 heavy (non-hydrogen) atoms. The van der Waals surface area contributed by atoms with Gasteiger partial charge in [0.25, 0.3) is 5.91 Å². The molecule has 1 aliphatic heterocycles. The van der Waals surface area contributed by atoms with Gasteiger partial charge < -0.3 is 4.90 Å². The summed E-state index contributed by atoms with van der Waals surface area (Å²) in [5.41, 5.74) is 0.464. The Hall–Kier alpha value is -1.83. The van der Waals surface area contributed by atoms with E-state index in [9.17, 15) is 22.4 Å². The van der Waals surface area contributed by atoms with Gasteiger partial charge in [-0.25, -0.2) is 10.2 Å². The zero-order valence-electron chi connectivity index (χ0n) is 9.67. The van der Waals surface area contributed by atoms with Crippen molar-refractivity contribution in [3.63, 3.8) is 0 Å². The molecule has 104 valence electrons. The van der Waals surface area contributed by atoms with Crippen LogP contribution in [-0.4, -0.2) is 25.2 Å². The number of carbonyl (C=O) groups excluding carboxylic acids is 1. The minimum absolute atomic E-state index is 0.0779. The Kier molecular flexibility index (Phi) is 3.36. The first-order valence-electron chi connectivity index (χ1n) is 5.44. The number of anilines is 1. The molecule has 4 nitrogen and oxygen atoms in total. The van der Waals surface area contributed by atoms with Crippen LogP contribution in [0.25, 0.3) is 0 Å². The van der Waals surface area contributed by atoms with Gasteiger partial charge in [0, 0.05) is 11.3 Å². The highest BCUT2D eigenvalue weighted by atomic mass is 19.4. The fourth-order valence-electron chi connectivity index (χ4n) is 1.88. The second kappa shape index (κ2) is 4.69. The minimum Gasteiger partial charge on any atom is -0.365 e. The van der Waals surface area contributed by atoms with Gasteiger partial charge in [0.1, 0.15) is 6.17 Å². The van der Waals surface area contributed by atoms with Crippen molar-refractivity contribution in [1.29, 1.82) is 0 Å². The normalized spacial score (nSPS) is 16.2. The lowest BCUT2D eigenvalue weighted by molar-refractivity contribution is -0.137. The van der Waals surface area contributed by atoms with E-state index >= 15 is 0 Å². The van der Waals surface area contributed by atoms with Crippen LogP contribution in [0.15, 0.2) is 18.2 Å².